The molecule has 0 N–H and O–H groups in total. The average molecular weight is 175 g/mol. The Bertz CT molecular complexity index is 255. The molecule has 0 heterocycles. The number of hydrogen-bond acceptors (Lipinski definition) is 0. The average Bonchev–Trinajstić information content (AvgIpc) is 2.56. The smallest absolute Gasteiger partial charge is 0.00573 e. The predicted molar refractivity (Wildman–Crippen MR) is 56.3 cm³/mol. The van der Waals surface area contributed by atoms with Crippen molar-refractivity contribution in [1.82, 2.24) is 0 Å². The third kappa shape index (κ3) is 1.47. The van der Waals surface area contributed by atoms with Crippen LogP contribution < -0.4 is 0 Å². The maximum atomic E-state index is 3.67. The molecule has 1 unspecified atom stereocenters. The second-order valence-electron chi connectivity index (χ2n) is 4.15. The minimum Gasteiger partial charge on any atom is -0.0645 e. The topological polar surface area (TPSA) is 0 Å². The van der Waals surface area contributed by atoms with E-state index in [2.05, 4.69) is 19.9 Å². The van der Waals surface area contributed by atoms with Crippen molar-refractivity contribution in [2.45, 2.75) is 52.4 Å². The van der Waals surface area contributed by atoms with Crippen LogP contribution in [0.1, 0.15) is 52.4 Å². The maximum Gasteiger partial charge on any atom is 0.00573 e. The van der Waals surface area contributed by atoms with Crippen molar-refractivity contribution < 1.29 is 0 Å². The molecule has 0 saturated carbocycles. The number of rotatable bonds is 2. The fourth-order valence-corrected chi connectivity index (χ4v) is 2.71. The summed E-state index contributed by atoms with van der Waals surface area (Å²) in [5, 5.41) is 0. The molecule has 2 rings (SSSR count). The van der Waals surface area contributed by atoms with E-state index in [4.69, 9.17) is 0 Å². The van der Waals surface area contributed by atoms with Gasteiger partial charge in [-0.05, 0) is 55.7 Å². The molecular weight excluding hydrogens is 156 g/mol. The fraction of sp³-hybridized carbons (Fsp3) is 0.692. The molecule has 0 fully saturated rings. The first-order chi connectivity index (χ1) is 6.36. The lowest BCUT2D eigenvalue weighted by molar-refractivity contribution is 0.607. The van der Waals surface area contributed by atoms with Gasteiger partial charge in [-0.3, -0.25) is 0 Å². The molecule has 0 aliphatic heterocycles. The van der Waals surface area contributed by atoms with Crippen molar-refractivity contribution in [1.29, 1.82) is 0 Å². The molecule has 0 spiro atoms. The summed E-state index contributed by atoms with van der Waals surface area (Å²) in [6, 6.07) is 0. The molecule has 1 atom stereocenters. The van der Waals surface area contributed by atoms with Crippen LogP contribution in [0, 0.1) is 12.0 Å². The van der Waals surface area contributed by atoms with Crippen LogP contribution >= 0.6 is 0 Å². The summed E-state index contributed by atoms with van der Waals surface area (Å²) in [4.78, 5) is 0. The van der Waals surface area contributed by atoms with E-state index in [1.165, 1.54) is 38.5 Å². The number of allylic oxidation sites excluding steroid dienone is 4. The Morgan fingerprint density at radius 3 is 2.69 bits per heavy atom. The lowest BCUT2D eigenvalue weighted by atomic mass is 9.86. The zero-order valence-electron chi connectivity index (χ0n) is 8.82. The largest absolute Gasteiger partial charge is 0.0645 e. The van der Waals surface area contributed by atoms with Crippen molar-refractivity contribution in [2.24, 2.45) is 5.92 Å². The summed E-state index contributed by atoms with van der Waals surface area (Å²) < 4.78 is 0. The first kappa shape index (κ1) is 9.05. The molecule has 0 aromatic heterocycles. The van der Waals surface area contributed by atoms with E-state index < -0.39 is 0 Å². The van der Waals surface area contributed by atoms with Crippen molar-refractivity contribution in [2.75, 3.05) is 0 Å². The summed E-state index contributed by atoms with van der Waals surface area (Å²) in [5.41, 5.74) is 4.98. The van der Waals surface area contributed by atoms with Crippen LogP contribution in [0.15, 0.2) is 16.7 Å². The van der Waals surface area contributed by atoms with E-state index >= 15 is 0 Å². The quantitative estimate of drug-likeness (QED) is 0.594. The van der Waals surface area contributed by atoms with Gasteiger partial charge in [0.05, 0.1) is 0 Å². The number of hydrogen-bond donors (Lipinski definition) is 0. The zero-order chi connectivity index (χ0) is 9.26. The molecular formula is C13H19. The van der Waals surface area contributed by atoms with Crippen molar-refractivity contribution in [3.05, 3.63) is 22.8 Å². The van der Waals surface area contributed by atoms with E-state index in [0.717, 1.165) is 0 Å². The molecule has 0 aromatic carbocycles. The predicted octanol–water partition coefficient (Wildman–Crippen LogP) is 4.04. The van der Waals surface area contributed by atoms with Crippen LogP contribution in [-0.2, 0) is 0 Å². The summed E-state index contributed by atoms with van der Waals surface area (Å²) in [5.74, 6) is 0.685. The van der Waals surface area contributed by atoms with E-state index in [0.29, 0.717) is 5.92 Å². The van der Waals surface area contributed by atoms with Crippen LogP contribution in [0.25, 0.3) is 0 Å². The van der Waals surface area contributed by atoms with E-state index in [-0.39, 0.29) is 0 Å². The van der Waals surface area contributed by atoms with Gasteiger partial charge in [0.15, 0.2) is 0 Å². The maximum absolute atomic E-state index is 3.67. The van der Waals surface area contributed by atoms with Crippen LogP contribution in [0.4, 0.5) is 0 Å². The van der Waals surface area contributed by atoms with Gasteiger partial charge in [0.1, 0.15) is 0 Å². The highest BCUT2D eigenvalue weighted by Gasteiger charge is 2.26. The standard InChI is InChI=1S/C13H19/c1-3-10-9-11(4-2)13-8-6-5-7-12(10)13/h10H,3-8H2,1-2H3. The molecule has 0 bridgehead atoms. The highest BCUT2D eigenvalue weighted by Crippen LogP contribution is 2.42. The molecule has 1 radical (unpaired) electrons. The highest BCUT2D eigenvalue weighted by atomic mass is 14.3. The Morgan fingerprint density at radius 1 is 1.23 bits per heavy atom. The van der Waals surface area contributed by atoms with E-state index in [9.17, 15) is 0 Å². The van der Waals surface area contributed by atoms with Gasteiger partial charge >= 0.3 is 0 Å². The normalized spacial score (nSPS) is 27.5. The lowest BCUT2D eigenvalue weighted by Crippen LogP contribution is -2.02. The van der Waals surface area contributed by atoms with Gasteiger partial charge in [-0.1, -0.05) is 19.4 Å². The fourth-order valence-electron chi connectivity index (χ4n) is 2.71. The molecule has 0 saturated heterocycles. The first-order valence-corrected chi connectivity index (χ1v) is 5.71. The van der Waals surface area contributed by atoms with Crippen LogP contribution in [0.2, 0.25) is 0 Å². The van der Waals surface area contributed by atoms with Crippen molar-refractivity contribution in [3.8, 4) is 0 Å². The SMILES string of the molecule is CCC1=[C]C(CC)C2=C1CCCC2. The Kier molecular flexibility index (Phi) is 2.57. The van der Waals surface area contributed by atoms with Gasteiger partial charge in [-0.15, -0.1) is 0 Å². The second-order valence-corrected chi connectivity index (χ2v) is 4.15. The lowest BCUT2D eigenvalue weighted by Gasteiger charge is -2.19. The first-order valence-electron chi connectivity index (χ1n) is 5.71. The van der Waals surface area contributed by atoms with Gasteiger partial charge in [-0.25, -0.2) is 0 Å². The Balaban J connectivity index is 2.28. The van der Waals surface area contributed by atoms with Gasteiger partial charge < -0.3 is 0 Å². The van der Waals surface area contributed by atoms with Crippen LogP contribution in [0.3, 0.4) is 0 Å². The van der Waals surface area contributed by atoms with Gasteiger partial charge in [-0.2, -0.15) is 0 Å². The third-order valence-electron chi connectivity index (χ3n) is 3.41. The molecule has 0 aromatic rings. The van der Waals surface area contributed by atoms with Gasteiger partial charge in [0, 0.05) is 5.92 Å². The summed E-state index contributed by atoms with van der Waals surface area (Å²) >= 11 is 0. The van der Waals surface area contributed by atoms with E-state index in [1.54, 1.807) is 16.7 Å². The zero-order valence-corrected chi connectivity index (χ0v) is 8.82. The summed E-state index contributed by atoms with van der Waals surface area (Å²) in [6.07, 6.45) is 11.6. The van der Waals surface area contributed by atoms with Crippen LogP contribution in [-0.4, -0.2) is 0 Å². The molecule has 2 aliphatic rings. The van der Waals surface area contributed by atoms with Gasteiger partial charge in [0.2, 0.25) is 0 Å². The second kappa shape index (κ2) is 3.69. The Hall–Kier alpha value is -0.520. The van der Waals surface area contributed by atoms with Crippen molar-refractivity contribution in [3.63, 3.8) is 0 Å². The van der Waals surface area contributed by atoms with Gasteiger partial charge in [0.25, 0.3) is 0 Å². The summed E-state index contributed by atoms with van der Waals surface area (Å²) in [7, 11) is 0. The van der Waals surface area contributed by atoms with Crippen molar-refractivity contribution >= 4 is 0 Å². The molecule has 0 amide bonds. The molecule has 71 valence electrons. The molecule has 13 heavy (non-hydrogen) atoms. The molecule has 0 heteroatoms. The minimum atomic E-state index is 0.685. The van der Waals surface area contributed by atoms with Crippen LogP contribution in [0.5, 0.6) is 0 Å². The third-order valence-corrected chi connectivity index (χ3v) is 3.41. The Morgan fingerprint density at radius 2 is 2.00 bits per heavy atom. The highest BCUT2D eigenvalue weighted by molar-refractivity contribution is 5.43. The Labute approximate surface area is 81.7 Å². The molecule has 2 aliphatic carbocycles. The summed E-state index contributed by atoms with van der Waals surface area (Å²) in [6.45, 7) is 4.55. The monoisotopic (exact) mass is 175 g/mol. The molecule has 0 nitrogen and oxygen atoms in total. The minimum absolute atomic E-state index is 0.685. The van der Waals surface area contributed by atoms with E-state index in [1.807, 2.05) is 0 Å².